The Hall–Kier alpha value is -1.10. The van der Waals surface area contributed by atoms with E-state index in [0.717, 1.165) is 45.4 Å². The summed E-state index contributed by atoms with van der Waals surface area (Å²) in [5.41, 5.74) is 6.19. The van der Waals surface area contributed by atoms with Gasteiger partial charge in [0.05, 0.1) is 6.04 Å². The van der Waals surface area contributed by atoms with Crippen LogP contribution in [0.5, 0.6) is 0 Å². The molecule has 114 valence electrons. The second-order valence-electron chi connectivity index (χ2n) is 6.79. The minimum Gasteiger partial charge on any atom is -0.342 e. The maximum Gasteiger partial charge on any atom is 0.239 e. The summed E-state index contributed by atoms with van der Waals surface area (Å²) in [6, 6.07) is -0.388. The van der Waals surface area contributed by atoms with Gasteiger partial charge in [-0.15, -0.1) is 0 Å². The van der Waals surface area contributed by atoms with Crippen LogP contribution in [0, 0.1) is 11.3 Å². The first-order valence-corrected chi connectivity index (χ1v) is 7.64. The number of amides is 2. The lowest BCUT2D eigenvalue weighted by molar-refractivity contribution is -0.136. The van der Waals surface area contributed by atoms with Gasteiger partial charge in [-0.05, 0) is 30.6 Å². The number of likely N-dealkylation sites (tertiary alicyclic amines) is 2. The quantitative estimate of drug-likeness (QED) is 0.815. The fourth-order valence-corrected chi connectivity index (χ4v) is 3.31. The number of carbonyl (C=O) groups excluding carboxylic acids is 2. The number of carbonyl (C=O) groups is 2. The summed E-state index contributed by atoms with van der Waals surface area (Å²) in [6.07, 6.45) is 3.06. The van der Waals surface area contributed by atoms with Crippen molar-refractivity contribution in [3.63, 3.8) is 0 Å². The molecule has 2 N–H and O–H groups in total. The molecule has 0 aliphatic carbocycles. The Balaban J connectivity index is 1.90. The zero-order valence-corrected chi connectivity index (χ0v) is 12.9. The van der Waals surface area contributed by atoms with Crippen LogP contribution in [0.3, 0.4) is 0 Å². The van der Waals surface area contributed by atoms with Crippen molar-refractivity contribution in [1.29, 1.82) is 0 Å². The third kappa shape index (κ3) is 2.97. The van der Waals surface area contributed by atoms with Gasteiger partial charge in [0.25, 0.3) is 0 Å². The van der Waals surface area contributed by atoms with E-state index in [-0.39, 0.29) is 29.2 Å². The van der Waals surface area contributed by atoms with Gasteiger partial charge in [-0.25, -0.2) is 0 Å². The lowest BCUT2D eigenvalue weighted by atomic mass is 9.77. The first-order valence-electron chi connectivity index (χ1n) is 7.64. The highest BCUT2D eigenvalue weighted by molar-refractivity contribution is 5.82. The molecule has 2 aliphatic heterocycles. The van der Waals surface area contributed by atoms with Gasteiger partial charge in [-0.1, -0.05) is 13.8 Å². The van der Waals surface area contributed by atoms with Crippen LogP contribution in [0.4, 0.5) is 0 Å². The summed E-state index contributed by atoms with van der Waals surface area (Å²) >= 11 is 0. The Morgan fingerprint density at radius 2 is 1.55 bits per heavy atom. The molecule has 2 rings (SSSR count). The molecule has 0 aromatic carbocycles. The van der Waals surface area contributed by atoms with Gasteiger partial charge in [-0.3, -0.25) is 9.59 Å². The third-order valence-electron chi connectivity index (χ3n) is 5.02. The lowest BCUT2D eigenvalue weighted by Gasteiger charge is -2.40. The number of hydrogen-bond donors (Lipinski definition) is 1. The van der Waals surface area contributed by atoms with E-state index in [1.54, 1.807) is 6.92 Å². The maximum atomic E-state index is 12.3. The normalized spacial score (nSPS) is 23.4. The fraction of sp³-hybridized carbons (Fsp3) is 0.867. The third-order valence-corrected chi connectivity index (χ3v) is 5.02. The van der Waals surface area contributed by atoms with Crippen molar-refractivity contribution in [1.82, 2.24) is 9.80 Å². The predicted molar refractivity (Wildman–Crippen MR) is 77.9 cm³/mol. The first kappa shape index (κ1) is 15.3. The van der Waals surface area contributed by atoms with E-state index in [9.17, 15) is 9.59 Å². The summed E-state index contributed by atoms with van der Waals surface area (Å²) in [5, 5.41) is 0. The Kier molecular flexibility index (Phi) is 4.37. The van der Waals surface area contributed by atoms with Crippen LogP contribution in [0.2, 0.25) is 0 Å². The van der Waals surface area contributed by atoms with Gasteiger partial charge in [0, 0.05) is 33.1 Å². The molecule has 2 heterocycles. The van der Waals surface area contributed by atoms with E-state index in [0.29, 0.717) is 0 Å². The number of piperidine rings is 1. The molecule has 2 saturated heterocycles. The standard InChI is InChI=1S/C15H27N3O2/c1-11(2)13(16)14(20)17-7-4-15(5-8-17)6-9-18(10-15)12(3)19/h11,13H,4-10,16H2,1-3H3/t13-/m1/s1. The Labute approximate surface area is 121 Å². The molecule has 0 bridgehead atoms. The maximum absolute atomic E-state index is 12.3. The van der Waals surface area contributed by atoms with E-state index in [4.69, 9.17) is 5.73 Å². The molecule has 0 aromatic rings. The van der Waals surface area contributed by atoms with Crippen molar-refractivity contribution in [3.05, 3.63) is 0 Å². The van der Waals surface area contributed by atoms with Crippen LogP contribution in [0.1, 0.15) is 40.0 Å². The van der Waals surface area contributed by atoms with Crippen LogP contribution in [-0.4, -0.2) is 53.8 Å². The average Bonchev–Trinajstić information content (AvgIpc) is 2.82. The topological polar surface area (TPSA) is 66.6 Å². The Morgan fingerprint density at radius 1 is 1.05 bits per heavy atom. The summed E-state index contributed by atoms with van der Waals surface area (Å²) in [4.78, 5) is 27.6. The molecule has 0 aromatic heterocycles. The number of hydrogen-bond acceptors (Lipinski definition) is 3. The van der Waals surface area contributed by atoms with Crippen molar-refractivity contribution in [2.24, 2.45) is 17.1 Å². The van der Waals surface area contributed by atoms with Crippen LogP contribution in [-0.2, 0) is 9.59 Å². The molecule has 20 heavy (non-hydrogen) atoms. The minimum atomic E-state index is -0.388. The number of rotatable bonds is 2. The van der Waals surface area contributed by atoms with Crippen LogP contribution in [0.15, 0.2) is 0 Å². The zero-order valence-electron chi connectivity index (χ0n) is 12.9. The summed E-state index contributed by atoms with van der Waals surface area (Å²) in [6.45, 7) is 8.90. The van der Waals surface area contributed by atoms with Crippen LogP contribution >= 0.6 is 0 Å². The smallest absolute Gasteiger partial charge is 0.239 e. The highest BCUT2D eigenvalue weighted by Gasteiger charge is 2.42. The van der Waals surface area contributed by atoms with E-state index >= 15 is 0 Å². The Morgan fingerprint density at radius 3 is 1.95 bits per heavy atom. The molecule has 0 unspecified atom stereocenters. The van der Waals surface area contributed by atoms with Gasteiger partial charge < -0.3 is 15.5 Å². The molecule has 5 heteroatoms. The van der Waals surface area contributed by atoms with Gasteiger partial charge in [-0.2, -0.15) is 0 Å². The van der Waals surface area contributed by atoms with E-state index in [2.05, 4.69) is 0 Å². The van der Waals surface area contributed by atoms with E-state index < -0.39 is 0 Å². The average molecular weight is 281 g/mol. The SMILES string of the molecule is CC(=O)N1CCC2(CCN(C(=O)[C@H](N)C(C)C)CC2)C1. The minimum absolute atomic E-state index is 0.0799. The van der Waals surface area contributed by atoms with E-state index in [1.807, 2.05) is 23.6 Å². The summed E-state index contributed by atoms with van der Waals surface area (Å²) in [7, 11) is 0. The molecule has 5 nitrogen and oxygen atoms in total. The Bertz CT molecular complexity index is 387. The molecule has 2 aliphatic rings. The predicted octanol–water partition coefficient (Wildman–Crippen LogP) is 0.831. The van der Waals surface area contributed by atoms with Gasteiger partial charge in [0.15, 0.2) is 0 Å². The molecular formula is C15H27N3O2. The molecular weight excluding hydrogens is 254 g/mol. The summed E-state index contributed by atoms with van der Waals surface area (Å²) < 4.78 is 0. The largest absolute Gasteiger partial charge is 0.342 e. The monoisotopic (exact) mass is 281 g/mol. The highest BCUT2D eigenvalue weighted by Crippen LogP contribution is 2.40. The molecule has 2 amide bonds. The zero-order chi connectivity index (χ0) is 14.9. The van der Waals surface area contributed by atoms with Gasteiger partial charge >= 0.3 is 0 Å². The molecule has 2 fully saturated rings. The number of nitrogens with zero attached hydrogens (tertiary/aromatic N) is 2. The van der Waals surface area contributed by atoms with Crippen LogP contribution < -0.4 is 5.73 Å². The second kappa shape index (κ2) is 5.72. The van der Waals surface area contributed by atoms with Crippen molar-refractivity contribution in [2.75, 3.05) is 26.2 Å². The highest BCUT2D eigenvalue weighted by atomic mass is 16.2. The molecule has 1 spiro atoms. The van der Waals surface area contributed by atoms with Crippen molar-refractivity contribution in [3.8, 4) is 0 Å². The molecule has 1 atom stereocenters. The van der Waals surface area contributed by atoms with Crippen molar-refractivity contribution in [2.45, 2.75) is 46.1 Å². The van der Waals surface area contributed by atoms with Gasteiger partial charge in [0.2, 0.25) is 11.8 Å². The molecule has 0 radical (unpaired) electrons. The van der Waals surface area contributed by atoms with Crippen molar-refractivity contribution < 1.29 is 9.59 Å². The first-order chi connectivity index (χ1) is 9.34. The van der Waals surface area contributed by atoms with Crippen molar-refractivity contribution >= 4 is 11.8 Å². The lowest BCUT2D eigenvalue weighted by Crippen LogP contribution is -2.51. The summed E-state index contributed by atoms with van der Waals surface area (Å²) in [5.74, 6) is 0.427. The number of nitrogens with two attached hydrogens (primary N) is 1. The van der Waals surface area contributed by atoms with Gasteiger partial charge in [0.1, 0.15) is 0 Å². The fourth-order valence-electron chi connectivity index (χ4n) is 3.31. The second-order valence-corrected chi connectivity index (χ2v) is 6.79. The molecule has 0 saturated carbocycles. The van der Waals surface area contributed by atoms with Crippen LogP contribution in [0.25, 0.3) is 0 Å². The van der Waals surface area contributed by atoms with E-state index in [1.165, 1.54) is 0 Å².